The van der Waals surface area contributed by atoms with E-state index in [0.717, 1.165) is 16.7 Å². The van der Waals surface area contributed by atoms with Crippen LogP contribution in [0.4, 0.5) is 4.79 Å². The number of nitrogens with zero attached hydrogens (tertiary/aromatic N) is 1. The summed E-state index contributed by atoms with van der Waals surface area (Å²) in [7, 11) is 0. The fourth-order valence-electron chi connectivity index (χ4n) is 1.94. The molecular formula is C15H18N2O4S. The van der Waals surface area contributed by atoms with Crippen LogP contribution in [0.1, 0.15) is 24.2 Å². The van der Waals surface area contributed by atoms with Gasteiger partial charge in [-0.15, -0.1) is 0 Å². The van der Waals surface area contributed by atoms with Gasteiger partial charge in [-0.3, -0.25) is 19.3 Å². The van der Waals surface area contributed by atoms with Crippen molar-refractivity contribution in [3.63, 3.8) is 0 Å². The molecule has 0 bridgehead atoms. The molecule has 3 amide bonds. The molecule has 1 aromatic carbocycles. The zero-order chi connectivity index (χ0) is 16.1. The summed E-state index contributed by atoms with van der Waals surface area (Å²) in [6.45, 7) is 4.30. The maximum absolute atomic E-state index is 12.0. The Bertz CT molecular complexity index is 555. The Balaban J connectivity index is 1.82. The molecule has 0 radical (unpaired) electrons. The normalized spacial score (nSPS) is 14.6. The SMILES string of the molecule is CC(C)Oc1ccc(C(=O)NCCN2C(=O)CSC2=O)cc1. The van der Waals surface area contributed by atoms with Crippen LogP contribution in [-0.4, -0.2) is 46.9 Å². The van der Waals surface area contributed by atoms with E-state index >= 15 is 0 Å². The van der Waals surface area contributed by atoms with Crippen LogP contribution in [0.3, 0.4) is 0 Å². The Morgan fingerprint density at radius 3 is 2.55 bits per heavy atom. The van der Waals surface area contributed by atoms with Gasteiger partial charge in [0.2, 0.25) is 5.91 Å². The number of benzene rings is 1. The minimum absolute atomic E-state index is 0.0769. The van der Waals surface area contributed by atoms with Crippen LogP contribution in [0.5, 0.6) is 5.75 Å². The summed E-state index contributed by atoms with van der Waals surface area (Å²) in [6, 6.07) is 6.82. The second-order valence-electron chi connectivity index (χ2n) is 5.05. The molecule has 1 fully saturated rings. The number of carbonyl (C=O) groups is 3. The Morgan fingerprint density at radius 2 is 2.00 bits per heavy atom. The van der Waals surface area contributed by atoms with E-state index in [1.54, 1.807) is 24.3 Å². The summed E-state index contributed by atoms with van der Waals surface area (Å²) in [5, 5.41) is 2.44. The zero-order valence-electron chi connectivity index (χ0n) is 12.5. The van der Waals surface area contributed by atoms with Gasteiger partial charge in [0.05, 0.1) is 11.9 Å². The maximum atomic E-state index is 12.0. The molecule has 1 heterocycles. The Labute approximate surface area is 133 Å². The van der Waals surface area contributed by atoms with Gasteiger partial charge in [-0.05, 0) is 38.1 Å². The lowest BCUT2D eigenvalue weighted by Crippen LogP contribution is -2.37. The first-order valence-corrected chi connectivity index (χ1v) is 7.98. The smallest absolute Gasteiger partial charge is 0.288 e. The van der Waals surface area contributed by atoms with Gasteiger partial charge >= 0.3 is 0 Å². The number of amides is 3. The van der Waals surface area contributed by atoms with Gasteiger partial charge in [0.25, 0.3) is 11.1 Å². The molecule has 0 atom stereocenters. The minimum Gasteiger partial charge on any atom is -0.491 e. The van der Waals surface area contributed by atoms with Crippen LogP contribution >= 0.6 is 11.8 Å². The molecular weight excluding hydrogens is 304 g/mol. The van der Waals surface area contributed by atoms with Gasteiger partial charge in [0, 0.05) is 18.7 Å². The maximum Gasteiger partial charge on any atom is 0.288 e. The number of carbonyl (C=O) groups excluding carboxylic acids is 3. The fraction of sp³-hybridized carbons (Fsp3) is 0.400. The van der Waals surface area contributed by atoms with Crippen molar-refractivity contribution in [3.05, 3.63) is 29.8 Å². The van der Waals surface area contributed by atoms with Crippen LogP contribution in [0, 0.1) is 0 Å². The summed E-state index contributed by atoms with van der Waals surface area (Å²) in [6.07, 6.45) is 0.0769. The van der Waals surface area contributed by atoms with Crippen LogP contribution < -0.4 is 10.1 Å². The van der Waals surface area contributed by atoms with E-state index < -0.39 is 0 Å². The second-order valence-corrected chi connectivity index (χ2v) is 5.97. The molecule has 1 N–H and O–H groups in total. The third-order valence-electron chi connectivity index (χ3n) is 2.95. The summed E-state index contributed by atoms with van der Waals surface area (Å²) >= 11 is 0.986. The van der Waals surface area contributed by atoms with Crippen molar-refractivity contribution in [2.24, 2.45) is 0 Å². The van der Waals surface area contributed by atoms with Gasteiger partial charge < -0.3 is 10.1 Å². The molecule has 0 unspecified atom stereocenters. The van der Waals surface area contributed by atoms with Crippen molar-refractivity contribution in [3.8, 4) is 5.75 Å². The second kappa shape index (κ2) is 7.31. The summed E-state index contributed by atoms with van der Waals surface area (Å²) in [5.41, 5.74) is 0.504. The Morgan fingerprint density at radius 1 is 1.32 bits per heavy atom. The van der Waals surface area contributed by atoms with Crippen LogP contribution in [-0.2, 0) is 4.79 Å². The molecule has 2 rings (SSSR count). The van der Waals surface area contributed by atoms with E-state index in [-0.39, 0.29) is 42.0 Å². The van der Waals surface area contributed by atoms with E-state index in [1.165, 1.54) is 0 Å². The van der Waals surface area contributed by atoms with Crippen molar-refractivity contribution in [2.75, 3.05) is 18.8 Å². The molecule has 22 heavy (non-hydrogen) atoms. The quantitative estimate of drug-likeness (QED) is 0.866. The molecule has 0 saturated carbocycles. The number of hydrogen-bond acceptors (Lipinski definition) is 5. The van der Waals surface area contributed by atoms with Gasteiger partial charge in [0.1, 0.15) is 5.75 Å². The molecule has 1 aromatic rings. The standard InChI is InChI=1S/C15H18N2O4S/c1-10(2)21-12-5-3-11(4-6-12)14(19)16-7-8-17-13(18)9-22-15(17)20/h3-6,10H,7-9H2,1-2H3,(H,16,19). The number of hydrogen-bond donors (Lipinski definition) is 1. The fourth-order valence-corrected chi connectivity index (χ4v) is 2.69. The highest BCUT2D eigenvalue weighted by atomic mass is 32.2. The van der Waals surface area contributed by atoms with Gasteiger partial charge in [0.15, 0.2) is 0 Å². The first kappa shape index (κ1) is 16.4. The lowest BCUT2D eigenvalue weighted by atomic mass is 10.2. The van der Waals surface area contributed by atoms with Gasteiger partial charge in [-0.1, -0.05) is 11.8 Å². The Kier molecular flexibility index (Phi) is 5.43. The molecule has 0 spiro atoms. The third-order valence-corrected chi connectivity index (χ3v) is 3.81. The van der Waals surface area contributed by atoms with Crippen molar-refractivity contribution in [1.82, 2.24) is 10.2 Å². The molecule has 6 nitrogen and oxygen atoms in total. The highest BCUT2D eigenvalue weighted by Crippen LogP contribution is 2.18. The number of rotatable bonds is 6. The van der Waals surface area contributed by atoms with Crippen LogP contribution in [0.2, 0.25) is 0 Å². The average molecular weight is 322 g/mol. The summed E-state index contributed by atoms with van der Waals surface area (Å²) in [4.78, 5) is 35.9. The van der Waals surface area contributed by atoms with Crippen LogP contribution in [0.25, 0.3) is 0 Å². The molecule has 118 valence electrons. The van der Waals surface area contributed by atoms with E-state index in [0.29, 0.717) is 11.3 Å². The monoisotopic (exact) mass is 322 g/mol. The average Bonchev–Trinajstić information content (AvgIpc) is 2.79. The van der Waals surface area contributed by atoms with E-state index in [2.05, 4.69) is 5.32 Å². The van der Waals surface area contributed by atoms with E-state index in [1.807, 2.05) is 13.8 Å². The van der Waals surface area contributed by atoms with Gasteiger partial charge in [-0.25, -0.2) is 0 Å². The van der Waals surface area contributed by atoms with Crippen molar-refractivity contribution < 1.29 is 19.1 Å². The number of imide groups is 1. The molecule has 0 aliphatic carbocycles. The van der Waals surface area contributed by atoms with E-state index in [9.17, 15) is 14.4 Å². The highest BCUT2D eigenvalue weighted by Gasteiger charge is 2.29. The first-order valence-electron chi connectivity index (χ1n) is 6.99. The number of thioether (sulfide) groups is 1. The molecule has 1 saturated heterocycles. The molecule has 1 aliphatic rings. The third kappa shape index (κ3) is 4.24. The van der Waals surface area contributed by atoms with Gasteiger partial charge in [-0.2, -0.15) is 0 Å². The summed E-state index contributed by atoms with van der Waals surface area (Å²) < 4.78 is 5.51. The minimum atomic E-state index is -0.255. The van der Waals surface area contributed by atoms with E-state index in [4.69, 9.17) is 4.74 Å². The Hall–Kier alpha value is -2.02. The topological polar surface area (TPSA) is 75.7 Å². The zero-order valence-corrected chi connectivity index (χ0v) is 13.3. The predicted molar refractivity (Wildman–Crippen MR) is 84.1 cm³/mol. The number of nitrogens with one attached hydrogen (secondary N) is 1. The number of ether oxygens (including phenoxy) is 1. The molecule has 1 aliphatic heterocycles. The largest absolute Gasteiger partial charge is 0.491 e. The van der Waals surface area contributed by atoms with Crippen LogP contribution in [0.15, 0.2) is 24.3 Å². The van der Waals surface area contributed by atoms with Crippen molar-refractivity contribution in [2.45, 2.75) is 20.0 Å². The predicted octanol–water partition coefficient (Wildman–Crippen LogP) is 1.90. The van der Waals surface area contributed by atoms with Crippen molar-refractivity contribution >= 4 is 28.8 Å². The highest BCUT2D eigenvalue weighted by molar-refractivity contribution is 8.14. The molecule has 7 heteroatoms. The van der Waals surface area contributed by atoms with Crippen molar-refractivity contribution in [1.29, 1.82) is 0 Å². The summed E-state index contributed by atoms with van der Waals surface area (Å²) in [5.74, 6) is 0.434. The first-order chi connectivity index (χ1) is 10.5. The lowest BCUT2D eigenvalue weighted by Gasteiger charge is -2.13. The molecule has 0 aromatic heterocycles. The lowest BCUT2D eigenvalue weighted by molar-refractivity contribution is -0.124.